The van der Waals surface area contributed by atoms with Crippen molar-refractivity contribution in [3.63, 3.8) is 0 Å². The second-order valence-corrected chi connectivity index (χ2v) is 6.64. The minimum absolute atomic E-state index is 0.0962. The van der Waals surface area contributed by atoms with Crippen LogP contribution in [0.25, 0.3) is 0 Å². The lowest BCUT2D eigenvalue weighted by Gasteiger charge is -2.09. The third kappa shape index (κ3) is 4.14. The highest BCUT2D eigenvalue weighted by Crippen LogP contribution is 2.33. The average molecular weight is 326 g/mol. The SMILES string of the molecule is O=C(Cn1cccn1)Nc1ccc(OCC2CN2CC2CC2)cc1. The fourth-order valence-electron chi connectivity index (χ4n) is 2.81. The van der Waals surface area contributed by atoms with Gasteiger partial charge >= 0.3 is 0 Å². The Hall–Kier alpha value is -2.34. The van der Waals surface area contributed by atoms with E-state index in [1.807, 2.05) is 24.3 Å². The van der Waals surface area contributed by atoms with Crippen molar-refractivity contribution in [3.8, 4) is 5.75 Å². The lowest BCUT2D eigenvalue weighted by atomic mass is 10.3. The molecule has 6 heteroatoms. The van der Waals surface area contributed by atoms with E-state index in [4.69, 9.17) is 4.74 Å². The molecule has 1 aromatic heterocycles. The van der Waals surface area contributed by atoms with Gasteiger partial charge in [-0.15, -0.1) is 0 Å². The molecule has 1 amide bonds. The van der Waals surface area contributed by atoms with Gasteiger partial charge in [0.15, 0.2) is 0 Å². The summed E-state index contributed by atoms with van der Waals surface area (Å²) in [5, 5.41) is 6.87. The van der Waals surface area contributed by atoms with Crippen molar-refractivity contribution in [2.45, 2.75) is 25.4 Å². The second kappa shape index (κ2) is 6.65. The number of aromatic nitrogens is 2. The van der Waals surface area contributed by atoms with E-state index in [1.165, 1.54) is 19.4 Å². The van der Waals surface area contributed by atoms with E-state index < -0.39 is 0 Å². The molecular weight excluding hydrogens is 304 g/mol. The van der Waals surface area contributed by atoms with Gasteiger partial charge in [0.25, 0.3) is 0 Å². The molecule has 6 nitrogen and oxygen atoms in total. The number of carbonyl (C=O) groups is 1. The summed E-state index contributed by atoms with van der Waals surface area (Å²) in [6.07, 6.45) is 6.22. The van der Waals surface area contributed by atoms with Crippen molar-refractivity contribution in [1.82, 2.24) is 14.7 Å². The van der Waals surface area contributed by atoms with Gasteiger partial charge in [0.05, 0.1) is 6.04 Å². The van der Waals surface area contributed by atoms with Gasteiger partial charge in [-0.25, -0.2) is 0 Å². The summed E-state index contributed by atoms with van der Waals surface area (Å²) in [4.78, 5) is 14.4. The molecule has 0 bridgehead atoms. The Morgan fingerprint density at radius 3 is 2.83 bits per heavy atom. The molecule has 2 unspecified atom stereocenters. The van der Waals surface area contributed by atoms with Crippen LogP contribution in [0.1, 0.15) is 12.8 Å². The smallest absolute Gasteiger partial charge is 0.246 e. The predicted octanol–water partition coefficient (Wildman–Crippen LogP) is 1.99. The van der Waals surface area contributed by atoms with Crippen LogP contribution in [-0.4, -0.2) is 46.3 Å². The van der Waals surface area contributed by atoms with Gasteiger partial charge < -0.3 is 10.1 Å². The summed E-state index contributed by atoms with van der Waals surface area (Å²) in [6, 6.07) is 9.91. The molecule has 0 radical (unpaired) electrons. The van der Waals surface area contributed by atoms with Crippen LogP contribution in [0.5, 0.6) is 5.75 Å². The number of ether oxygens (including phenoxy) is 1. The predicted molar refractivity (Wildman–Crippen MR) is 90.9 cm³/mol. The first kappa shape index (κ1) is 15.2. The zero-order valence-electron chi connectivity index (χ0n) is 13.6. The Labute approximate surface area is 141 Å². The van der Waals surface area contributed by atoms with E-state index in [1.54, 1.807) is 23.1 Å². The van der Waals surface area contributed by atoms with Gasteiger partial charge in [0, 0.05) is 31.2 Å². The highest BCUT2D eigenvalue weighted by atomic mass is 16.5. The standard InChI is InChI=1S/C18H22N4O2/c23-18(12-22-9-1-8-19-22)20-15-4-6-17(7-5-15)24-13-16-11-21(16)10-14-2-3-14/h1,4-9,14,16H,2-3,10-13H2,(H,20,23). The van der Waals surface area contributed by atoms with Crippen LogP contribution in [0, 0.1) is 5.92 Å². The van der Waals surface area contributed by atoms with Gasteiger partial charge in [-0.2, -0.15) is 5.10 Å². The number of amides is 1. The van der Waals surface area contributed by atoms with Crippen molar-refractivity contribution in [1.29, 1.82) is 0 Å². The summed E-state index contributed by atoms with van der Waals surface area (Å²) in [5.74, 6) is 1.69. The van der Waals surface area contributed by atoms with Crippen molar-refractivity contribution < 1.29 is 9.53 Å². The quantitative estimate of drug-likeness (QED) is 0.754. The van der Waals surface area contributed by atoms with Crippen LogP contribution in [0.3, 0.4) is 0 Å². The summed E-state index contributed by atoms with van der Waals surface area (Å²) in [7, 11) is 0. The van der Waals surface area contributed by atoms with Crippen molar-refractivity contribution in [2.24, 2.45) is 5.92 Å². The van der Waals surface area contributed by atoms with E-state index in [2.05, 4.69) is 15.3 Å². The van der Waals surface area contributed by atoms with Gasteiger partial charge in [-0.05, 0) is 49.1 Å². The number of benzene rings is 1. The number of hydrogen-bond donors (Lipinski definition) is 1. The summed E-state index contributed by atoms with van der Waals surface area (Å²) in [6.45, 7) is 3.37. The third-order valence-corrected chi connectivity index (χ3v) is 4.46. The molecular formula is C18H22N4O2. The minimum Gasteiger partial charge on any atom is -0.492 e. The molecule has 1 N–H and O–H groups in total. The first-order valence-electron chi connectivity index (χ1n) is 8.50. The monoisotopic (exact) mass is 326 g/mol. The lowest BCUT2D eigenvalue weighted by Crippen LogP contribution is -2.18. The highest BCUT2D eigenvalue weighted by molar-refractivity contribution is 5.90. The number of carbonyl (C=O) groups excluding carboxylic acids is 1. The van der Waals surface area contributed by atoms with E-state index in [9.17, 15) is 4.79 Å². The zero-order chi connectivity index (χ0) is 16.4. The third-order valence-electron chi connectivity index (χ3n) is 4.46. The molecule has 4 rings (SSSR count). The Balaban J connectivity index is 1.20. The van der Waals surface area contributed by atoms with Crippen LogP contribution in [0.2, 0.25) is 0 Å². The second-order valence-electron chi connectivity index (χ2n) is 6.64. The maximum absolute atomic E-state index is 11.9. The summed E-state index contributed by atoms with van der Waals surface area (Å²) < 4.78 is 7.43. The largest absolute Gasteiger partial charge is 0.492 e. The fraction of sp³-hybridized carbons (Fsp3) is 0.444. The topological polar surface area (TPSA) is 59.2 Å². The number of nitrogens with zero attached hydrogens (tertiary/aromatic N) is 3. The molecule has 2 aromatic rings. The molecule has 2 aliphatic rings. The summed E-state index contributed by atoms with van der Waals surface area (Å²) >= 11 is 0. The van der Waals surface area contributed by atoms with Crippen molar-refractivity contribution in [3.05, 3.63) is 42.7 Å². The first-order chi connectivity index (χ1) is 11.8. The zero-order valence-corrected chi connectivity index (χ0v) is 13.6. The maximum atomic E-state index is 11.9. The van der Waals surface area contributed by atoms with E-state index in [0.29, 0.717) is 6.04 Å². The molecule has 1 aromatic carbocycles. The number of rotatable bonds is 8. The average Bonchev–Trinajstić information content (AvgIpc) is 3.49. The van der Waals surface area contributed by atoms with E-state index in [0.717, 1.165) is 30.5 Å². The molecule has 2 fully saturated rings. The normalized spacial score (nSPS) is 22.2. The van der Waals surface area contributed by atoms with Gasteiger partial charge in [-0.1, -0.05) is 0 Å². The first-order valence-corrected chi connectivity index (χ1v) is 8.50. The van der Waals surface area contributed by atoms with Crippen LogP contribution in [0.4, 0.5) is 5.69 Å². The summed E-state index contributed by atoms with van der Waals surface area (Å²) in [5.41, 5.74) is 0.765. The number of nitrogens with one attached hydrogen (secondary N) is 1. The van der Waals surface area contributed by atoms with Gasteiger partial charge in [-0.3, -0.25) is 14.4 Å². The number of anilines is 1. The molecule has 1 saturated heterocycles. The molecule has 2 heterocycles. The molecule has 126 valence electrons. The van der Waals surface area contributed by atoms with E-state index in [-0.39, 0.29) is 12.5 Å². The van der Waals surface area contributed by atoms with Crippen molar-refractivity contribution >= 4 is 11.6 Å². The van der Waals surface area contributed by atoms with Crippen LogP contribution in [-0.2, 0) is 11.3 Å². The van der Waals surface area contributed by atoms with Gasteiger partial charge in [0.1, 0.15) is 18.9 Å². The Bertz CT molecular complexity index is 680. The molecule has 1 aliphatic heterocycles. The van der Waals surface area contributed by atoms with Crippen LogP contribution < -0.4 is 10.1 Å². The van der Waals surface area contributed by atoms with Crippen LogP contribution in [0.15, 0.2) is 42.7 Å². The number of hydrogen-bond acceptors (Lipinski definition) is 4. The molecule has 0 spiro atoms. The van der Waals surface area contributed by atoms with Gasteiger partial charge in [0.2, 0.25) is 5.91 Å². The van der Waals surface area contributed by atoms with Crippen molar-refractivity contribution in [2.75, 3.05) is 25.0 Å². The maximum Gasteiger partial charge on any atom is 0.246 e. The molecule has 24 heavy (non-hydrogen) atoms. The Morgan fingerprint density at radius 1 is 1.29 bits per heavy atom. The molecule has 2 atom stereocenters. The molecule has 1 aliphatic carbocycles. The lowest BCUT2D eigenvalue weighted by molar-refractivity contribution is -0.116. The molecule has 1 saturated carbocycles. The Morgan fingerprint density at radius 2 is 2.12 bits per heavy atom. The Kier molecular flexibility index (Phi) is 4.21. The van der Waals surface area contributed by atoms with Crippen LogP contribution >= 0.6 is 0 Å². The fourth-order valence-corrected chi connectivity index (χ4v) is 2.81. The van der Waals surface area contributed by atoms with E-state index >= 15 is 0 Å². The minimum atomic E-state index is -0.0962. The highest BCUT2D eigenvalue weighted by Gasteiger charge is 2.38.